The molecule has 0 fully saturated rings. The van der Waals surface area contributed by atoms with Crippen LogP contribution in [0.4, 0.5) is 0 Å². The van der Waals surface area contributed by atoms with Crippen LogP contribution in [-0.4, -0.2) is 22.0 Å². The maximum absolute atomic E-state index is 11.8. The fourth-order valence-electron chi connectivity index (χ4n) is 2.34. The molecule has 1 aliphatic rings. The van der Waals surface area contributed by atoms with E-state index >= 15 is 0 Å². The van der Waals surface area contributed by atoms with Gasteiger partial charge in [0.05, 0.1) is 6.42 Å². The number of Topliss-reactive ketones (excluding diaryl/α,β-unsaturated/α-hetero) is 1. The molecule has 0 bridgehead atoms. The van der Waals surface area contributed by atoms with Crippen molar-refractivity contribution in [2.45, 2.75) is 32.3 Å². The van der Waals surface area contributed by atoms with Crippen LogP contribution in [0.25, 0.3) is 0 Å². The molecule has 1 aromatic carbocycles. The summed E-state index contributed by atoms with van der Waals surface area (Å²) in [7, 11) is 0. The SMILES string of the molecule is C/C=C1/Cc2cc(C(=O)CCC(=O)O)ccc2C1O. The van der Waals surface area contributed by atoms with E-state index in [0.717, 1.165) is 16.7 Å². The third-order valence-corrected chi connectivity index (χ3v) is 3.44. The predicted molar refractivity (Wildman–Crippen MR) is 70.1 cm³/mol. The first-order chi connectivity index (χ1) is 9.02. The fraction of sp³-hybridized carbons (Fsp3) is 0.333. The zero-order valence-corrected chi connectivity index (χ0v) is 10.7. The molecule has 0 saturated heterocycles. The summed E-state index contributed by atoms with van der Waals surface area (Å²) in [4.78, 5) is 22.3. The molecule has 2 rings (SSSR count). The zero-order chi connectivity index (χ0) is 14.0. The smallest absolute Gasteiger partial charge is 0.303 e. The van der Waals surface area contributed by atoms with Crippen LogP contribution in [0.3, 0.4) is 0 Å². The van der Waals surface area contributed by atoms with Crippen LogP contribution in [0, 0.1) is 0 Å². The summed E-state index contributed by atoms with van der Waals surface area (Å²) in [6, 6.07) is 5.18. The number of ketones is 1. The number of rotatable bonds is 4. The monoisotopic (exact) mass is 260 g/mol. The first kappa shape index (κ1) is 13.5. The van der Waals surface area contributed by atoms with Gasteiger partial charge in [-0.05, 0) is 36.1 Å². The van der Waals surface area contributed by atoms with Crippen LogP contribution in [0.1, 0.15) is 47.4 Å². The van der Waals surface area contributed by atoms with Gasteiger partial charge in [-0.15, -0.1) is 0 Å². The molecule has 1 aliphatic carbocycles. The number of carbonyl (C=O) groups is 2. The Morgan fingerprint density at radius 1 is 1.37 bits per heavy atom. The van der Waals surface area contributed by atoms with Crippen molar-refractivity contribution in [3.63, 3.8) is 0 Å². The van der Waals surface area contributed by atoms with Gasteiger partial charge in [-0.3, -0.25) is 9.59 Å². The average Bonchev–Trinajstić information content (AvgIpc) is 2.72. The van der Waals surface area contributed by atoms with Crippen LogP contribution in [0.15, 0.2) is 29.8 Å². The van der Waals surface area contributed by atoms with E-state index in [1.807, 2.05) is 13.0 Å². The number of hydrogen-bond donors (Lipinski definition) is 2. The molecule has 0 amide bonds. The highest BCUT2D eigenvalue weighted by atomic mass is 16.4. The van der Waals surface area contributed by atoms with Crippen molar-refractivity contribution in [1.29, 1.82) is 0 Å². The van der Waals surface area contributed by atoms with Crippen molar-refractivity contribution in [3.05, 3.63) is 46.5 Å². The molecule has 0 spiro atoms. The van der Waals surface area contributed by atoms with Gasteiger partial charge in [0.1, 0.15) is 6.10 Å². The first-order valence-electron chi connectivity index (χ1n) is 6.24. The van der Waals surface area contributed by atoms with Gasteiger partial charge in [-0.25, -0.2) is 0 Å². The lowest BCUT2D eigenvalue weighted by Gasteiger charge is -2.06. The number of carbonyl (C=O) groups excluding carboxylic acids is 1. The molecule has 100 valence electrons. The van der Waals surface area contributed by atoms with Gasteiger partial charge >= 0.3 is 5.97 Å². The number of hydrogen-bond acceptors (Lipinski definition) is 3. The number of aliphatic hydroxyl groups excluding tert-OH is 1. The van der Waals surface area contributed by atoms with Crippen molar-refractivity contribution in [2.75, 3.05) is 0 Å². The Labute approximate surface area is 111 Å². The van der Waals surface area contributed by atoms with Gasteiger partial charge in [0.15, 0.2) is 5.78 Å². The highest BCUT2D eigenvalue weighted by Crippen LogP contribution is 2.36. The summed E-state index contributed by atoms with van der Waals surface area (Å²) in [5, 5.41) is 18.6. The largest absolute Gasteiger partial charge is 0.481 e. The van der Waals surface area contributed by atoms with E-state index in [-0.39, 0.29) is 18.6 Å². The van der Waals surface area contributed by atoms with Gasteiger partial charge in [0.25, 0.3) is 0 Å². The van der Waals surface area contributed by atoms with Gasteiger partial charge in [-0.1, -0.05) is 18.2 Å². The van der Waals surface area contributed by atoms with Gasteiger partial charge < -0.3 is 10.2 Å². The molecule has 19 heavy (non-hydrogen) atoms. The fourth-order valence-corrected chi connectivity index (χ4v) is 2.34. The normalized spacial score (nSPS) is 19.5. The number of carboxylic acids is 1. The third kappa shape index (κ3) is 2.74. The summed E-state index contributed by atoms with van der Waals surface area (Å²) >= 11 is 0. The molecule has 0 heterocycles. The van der Waals surface area contributed by atoms with Crippen molar-refractivity contribution in [1.82, 2.24) is 0 Å². The number of aliphatic hydroxyl groups is 1. The number of fused-ring (bicyclic) bond motifs is 1. The Morgan fingerprint density at radius 2 is 2.11 bits per heavy atom. The van der Waals surface area contributed by atoms with Crippen LogP contribution >= 0.6 is 0 Å². The van der Waals surface area contributed by atoms with Crippen molar-refractivity contribution in [2.24, 2.45) is 0 Å². The van der Waals surface area contributed by atoms with E-state index in [1.54, 1.807) is 18.2 Å². The lowest BCUT2D eigenvalue weighted by molar-refractivity contribution is -0.136. The quantitative estimate of drug-likeness (QED) is 0.643. The molecule has 0 saturated carbocycles. The Bertz CT molecular complexity index is 557. The molecular formula is C15H16O4. The lowest BCUT2D eigenvalue weighted by atomic mass is 10.0. The Balaban J connectivity index is 2.20. The minimum Gasteiger partial charge on any atom is -0.481 e. The lowest BCUT2D eigenvalue weighted by Crippen LogP contribution is -2.04. The highest BCUT2D eigenvalue weighted by Gasteiger charge is 2.25. The minimum absolute atomic E-state index is 0.00709. The van der Waals surface area contributed by atoms with Gasteiger partial charge in [0.2, 0.25) is 0 Å². The Kier molecular flexibility index (Phi) is 3.81. The number of allylic oxidation sites excluding steroid dienone is 1. The van der Waals surface area contributed by atoms with E-state index in [0.29, 0.717) is 12.0 Å². The maximum Gasteiger partial charge on any atom is 0.303 e. The second kappa shape index (κ2) is 5.36. The molecular weight excluding hydrogens is 244 g/mol. The average molecular weight is 260 g/mol. The van der Waals surface area contributed by atoms with Crippen LogP contribution in [-0.2, 0) is 11.2 Å². The second-order valence-corrected chi connectivity index (χ2v) is 4.67. The van der Waals surface area contributed by atoms with E-state index < -0.39 is 12.1 Å². The summed E-state index contributed by atoms with van der Waals surface area (Å²) in [5.41, 5.74) is 3.24. The molecule has 1 unspecified atom stereocenters. The van der Waals surface area contributed by atoms with E-state index in [2.05, 4.69) is 0 Å². The molecule has 1 atom stereocenters. The molecule has 4 heteroatoms. The van der Waals surface area contributed by atoms with E-state index in [1.165, 1.54) is 0 Å². The molecule has 0 aliphatic heterocycles. The topological polar surface area (TPSA) is 74.6 Å². The maximum atomic E-state index is 11.8. The van der Waals surface area contributed by atoms with Crippen molar-refractivity contribution in [3.8, 4) is 0 Å². The standard InChI is InChI=1S/C15H16O4/c1-2-9-7-11-8-10(3-4-12(11)15(9)19)13(16)5-6-14(17)18/h2-4,8,15,19H,5-7H2,1H3,(H,17,18)/b9-2-. The van der Waals surface area contributed by atoms with Crippen LogP contribution < -0.4 is 0 Å². The summed E-state index contributed by atoms with van der Waals surface area (Å²) in [5.74, 6) is -1.14. The molecule has 1 aromatic rings. The van der Waals surface area contributed by atoms with Crippen LogP contribution in [0.2, 0.25) is 0 Å². The second-order valence-electron chi connectivity index (χ2n) is 4.67. The summed E-state index contributed by atoms with van der Waals surface area (Å²) in [6.07, 6.45) is 1.80. The van der Waals surface area contributed by atoms with Gasteiger partial charge in [0, 0.05) is 12.0 Å². The molecule has 0 aromatic heterocycles. The predicted octanol–water partition coefficient (Wildman–Crippen LogP) is 2.27. The first-order valence-corrected chi connectivity index (χ1v) is 6.24. The minimum atomic E-state index is -0.971. The number of aliphatic carboxylic acids is 1. The number of carboxylic acid groups (broad SMARTS) is 1. The molecule has 0 radical (unpaired) electrons. The summed E-state index contributed by atoms with van der Waals surface area (Å²) in [6.45, 7) is 1.88. The third-order valence-electron chi connectivity index (χ3n) is 3.44. The van der Waals surface area contributed by atoms with Crippen molar-refractivity contribution < 1.29 is 19.8 Å². The zero-order valence-electron chi connectivity index (χ0n) is 10.7. The Morgan fingerprint density at radius 3 is 2.74 bits per heavy atom. The van der Waals surface area contributed by atoms with E-state index in [9.17, 15) is 14.7 Å². The number of benzene rings is 1. The van der Waals surface area contributed by atoms with E-state index in [4.69, 9.17) is 5.11 Å². The summed E-state index contributed by atoms with van der Waals surface area (Å²) < 4.78 is 0. The highest BCUT2D eigenvalue weighted by molar-refractivity contribution is 5.97. The van der Waals surface area contributed by atoms with Crippen LogP contribution in [0.5, 0.6) is 0 Å². The Hall–Kier alpha value is -1.94. The van der Waals surface area contributed by atoms with Crippen molar-refractivity contribution >= 4 is 11.8 Å². The molecule has 4 nitrogen and oxygen atoms in total. The van der Waals surface area contributed by atoms with Gasteiger partial charge in [-0.2, -0.15) is 0 Å². The molecule has 2 N–H and O–H groups in total.